The molecule has 1 aromatic carbocycles. The summed E-state index contributed by atoms with van der Waals surface area (Å²) in [5.41, 5.74) is 0.271. The first-order chi connectivity index (χ1) is 10.3. The van der Waals surface area contributed by atoms with Crippen LogP contribution in [-0.4, -0.2) is 23.5 Å². The molecule has 0 amide bonds. The summed E-state index contributed by atoms with van der Waals surface area (Å²) >= 11 is 10.7. The van der Waals surface area contributed by atoms with E-state index in [2.05, 4.69) is 20.0 Å². The van der Waals surface area contributed by atoms with E-state index in [1.165, 1.54) is 13.0 Å². The molecule has 22 heavy (non-hydrogen) atoms. The zero-order chi connectivity index (χ0) is 16.3. The van der Waals surface area contributed by atoms with Crippen molar-refractivity contribution >= 4 is 44.6 Å². The van der Waals surface area contributed by atoms with Crippen LogP contribution >= 0.6 is 23.8 Å². The van der Waals surface area contributed by atoms with E-state index in [1.54, 1.807) is 24.3 Å². The summed E-state index contributed by atoms with van der Waals surface area (Å²) in [4.78, 5) is 17.2. The lowest BCUT2D eigenvalue weighted by Gasteiger charge is -2.10. The van der Waals surface area contributed by atoms with Gasteiger partial charge in [0.15, 0.2) is 5.11 Å². The van der Waals surface area contributed by atoms with E-state index in [0.717, 1.165) is 0 Å². The molecule has 3 N–H and O–H groups in total. The summed E-state index contributed by atoms with van der Waals surface area (Å²) in [7, 11) is -4.08. The number of hydrogen-bond donors (Lipinski definition) is 3. The van der Waals surface area contributed by atoms with Gasteiger partial charge in [0.25, 0.3) is 15.6 Å². The van der Waals surface area contributed by atoms with Gasteiger partial charge in [-0.05, 0) is 43.4 Å². The molecule has 1 heterocycles. The van der Waals surface area contributed by atoms with E-state index in [-0.39, 0.29) is 10.8 Å². The number of nitrogens with zero attached hydrogens (tertiary/aromatic N) is 1. The molecule has 0 saturated carbocycles. The third kappa shape index (κ3) is 4.26. The van der Waals surface area contributed by atoms with Crippen LogP contribution in [0.15, 0.2) is 40.3 Å². The fraction of sp³-hybridized carbons (Fsp3) is 0.0833. The predicted molar refractivity (Wildman–Crippen MR) is 87.6 cm³/mol. The fourth-order valence-corrected chi connectivity index (χ4v) is 3.00. The molecule has 0 bridgehead atoms. The van der Waals surface area contributed by atoms with Crippen LogP contribution in [0.2, 0.25) is 5.02 Å². The normalized spacial score (nSPS) is 11.0. The number of aromatic amines is 1. The minimum Gasteiger partial charge on any atom is -0.332 e. The highest BCUT2D eigenvalue weighted by molar-refractivity contribution is 7.91. The second-order valence-corrected chi connectivity index (χ2v) is 6.70. The molecule has 2 aromatic rings. The Morgan fingerprint density at radius 2 is 1.95 bits per heavy atom. The van der Waals surface area contributed by atoms with Crippen molar-refractivity contribution in [3.8, 4) is 0 Å². The average molecular weight is 359 g/mol. The highest BCUT2D eigenvalue weighted by Crippen LogP contribution is 2.13. The number of nitrogens with one attached hydrogen (secondary N) is 3. The zero-order valence-corrected chi connectivity index (χ0v) is 13.6. The van der Waals surface area contributed by atoms with Gasteiger partial charge in [-0.3, -0.25) is 14.5 Å². The predicted octanol–water partition coefficient (Wildman–Crippen LogP) is 1.41. The Hall–Kier alpha value is -1.97. The Morgan fingerprint density at radius 3 is 2.55 bits per heavy atom. The van der Waals surface area contributed by atoms with E-state index < -0.39 is 20.7 Å². The molecule has 0 atom stereocenters. The number of halogens is 1. The Morgan fingerprint density at radius 1 is 1.32 bits per heavy atom. The summed E-state index contributed by atoms with van der Waals surface area (Å²) in [5, 5.41) is 2.56. The van der Waals surface area contributed by atoms with Gasteiger partial charge in [0.05, 0.1) is 0 Å². The number of hydrogen-bond acceptors (Lipinski definition) is 5. The Labute approximate surface area is 136 Å². The summed E-state index contributed by atoms with van der Waals surface area (Å²) in [6, 6.07) is 7.70. The molecular weight excluding hydrogens is 348 g/mol. The molecule has 1 aromatic heterocycles. The lowest BCUT2D eigenvalue weighted by Crippen LogP contribution is -2.36. The summed E-state index contributed by atoms with van der Waals surface area (Å²) in [6.45, 7) is 1.51. The van der Waals surface area contributed by atoms with Gasteiger partial charge in [-0.2, -0.15) is 8.42 Å². The number of thiocarbonyl (C=S) groups is 1. The molecule has 0 spiro atoms. The largest absolute Gasteiger partial charge is 0.332 e. The third-order valence-corrected chi connectivity index (χ3v) is 4.19. The minimum absolute atomic E-state index is 0.161. The Balaban J connectivity index is 2.16. The van der Waals surface area contributed by atoms with Crippen molar-refractivity contribution in [3.63, 3.8) is 0 Å². The molecule has 0 radical (unpaired) electrons. The molecule has 116 valence electrons. The number of benzene rings is 1. The lowest BCUT2D eigenvalue weighted by atomic mass is 10.3. The van der Waals surface area contributed by atoms with E-state index in [0.29, 0.717) is 10.7 Å². The molecule has 0 aliphatic heterocycles. The topological polar surface area (TPSA) is 104 Å². The number of anilines is 1. The first-order valence-corrected chi connectivity index (χ1v) is 8.20. The van der Waals surface area contributed by atoms with Crippen LogP contribution < -0.4 is 15.6 Å². The van der Waals surface area contributed by atoms with Crippen LogP contribution in [0.3, 0.4) is 0 Å². The maximum atomic E-state index is 12.1. The first kappa shape index (κ1) is 16.4. The average Bonchev–Trinajstić information content (AvgIpc) is 2.39. The molecule has 0 aliphatic carbocycles. The second kappa shape index (κ2) is 6.42. The zero-order valence-electron chi connectivity index (χ0n) is 11.3. The van der Waals surface area contributed by atoms with Gasteiger partial charge < -0.3 is 5.32 Å². The number of rotatable bonds is 3. The third-order valence-electron chi connectivity index (χ3n) is 2.43. The first-order valence-electron chi connectivity index (χ1n) is 5.93. The number of aryl methyl sites for hydroxylation is 1. The van der Waals surface area contributed by atoms with Crippen molar-refractivity contribution in [1.29, 1.82) is 0 Å². The smallest absolute Gasteiger partial charge is 0.297 e. The van der Waals surface area contributed by atoms with Crippen molar-refractivity contribution in [2.45, 2.75) is 12.1 Å². The molecule has 0 fully saturated rings. The van der Waals surface area contributed by atoms with Crippen LogP contribution in [0.25, 0.3) is 0 Å². The van der Waals surface area contributed by atoms with Crippen molar-refractivity contribution < 1.29 is 8.42 Å². The summed E-state index contributed by atoms with van der Waals surface area (Å²) in [5.74, 6) is 0. The van der Waals surface area contributed by atoms with E-state index in [9.17, 15) is 13.2 Å². The SMILES string of the molecule is Cc1cc(=O)[nH]c(S(=O)(=O)NC(=S)Nc2ccc(Cl)cc2)n1. The highest BCUT2D eigenvalue weighted by atomic mass is 35.5. The van der Waals surface area contributed by atoms with Crippen molar-refractivity contribution in [2.75, 3.05) is 5.32 Å². The van der Waals surface area contributed by atoms with E-state index >= 15 is 0 Å². The van der Waals surface area contributed by atoms with Crippen LogP contribution in [-0.2, 0) is 10.0 Å². The maximum Gasteiger partial charge on any atom is 0.297 e. The van der Waals surface area contributed by atoms with E-state index in [4.69, 9.17) is 23.8 Å². The monoisotopic (exact) mass is 358 g/mol. The Bertz CT molecular complexity index is 863. The van der Waals surface area contributed by atoms with Gasteiger partial charge in [0.2, 0.25) is 5.16 Å². The number of sulfonamides is 1. The van der Waals surface area contributed by atoms with Gasteiger partial charge in [0.1, 0.15) is 0 Å². The molecule has 0 saturated heterocycles. The van der Waals surface area contributed by atoms with E-state index in [1.807, 2.05) is 0 Å². The highest BCUT2D eigenvalue weighted by Gasteiger charge is 2.19. The van der Waals surface area contributed by atoms with Crippen LogP contribution in [0.5, 0.6) is 0 Å². The number of aromatic nitrogens is 2. The van der Waals surface area contributed by atoms with Gasteiger partial charge >= 0.3 is 0 Å². The summed E-state index contributed by atoms with van der Waals surface area (Å²) in [6.07, 6.45) is 0. The second-order valence-electron chi connectivity index (χ2n) is 4.26. The minimum atomic E-state index is -4.08. The van der Waals surface area contributed by atoms with Crippen LogP contribution in [0.1, 0.15) is 5.69 Å². The van der Waals surface area contributed by atoms with Crippen LogP contribution in [0, 0.1) is 6.92 Å². The van der Waals surface area contributed by atoms with Gasteiger partial charge in [0, 0.05) is 22.5 Å². The molecule has 2 rings (SSSR count). The molecule has 10 heteroatoms. The molecule has 0 aliphatic rings. The Kier molecular flexibility index (Phi) is 4.79. The quantitative estimate of drug-likeness (QED) is 0.566. The molecule has 0 unspecified atom stereocenters. The summed E-state index contributed by atoms with van der Waals surface area (Å²) < 4.78 is 26.3. The lowest BCUT2D eigenvalue weighted by molar-refractivity contribution is 0.582. The van der Waals surface area contributed by atoms with Crippen molar-refractivity contribution in [3.05, 3.63) is 51.4 Å². The standard InChI is InChI=1S/C12H11ClN4O3S2/c1-7-6-10(18)16-12(14-7)22(19,20)17-11(21)15-9-4-2-8(13)3-5-9/h2-6H,1H3,(H,14,16,18)(H2,15,17,21). The molecular formula is C12H11ClN4O3S2. The van der Waals surface area contributed by atoms with Gasteiger partial charge in [-0.25, -0.2) is 4.98 Å². The molecule has 7 nitrogen and oxygen atoms in total. The van der Waals surface area contributed by atoms with Crippen LogP contribution in [0.4, 0.5) is 5.69 Å². The number of H-pyrrole nitrogens is 1. The van der Waals surface area contributed by atoms with Gasteiger partial charge in [-0.15, -0.1) is 0 Å². The maximum absolute atomic E-state index is 12.1. The van der Waals surface area contributed by atoms with Crippen molar-refractivity contribution in [2.24, 2.45) is 0 Å². The fourth-order valence-electron chi connectivity index (χ4n) is 1.54. The van der Waals surface area contributed by atoms with Crippen molar-refractivity contribution in [1.82, 2.24) is 14.7 Å². The van der Waals surface area contributed by atoms with Gasteiger partial charge in [-0.1, -0.05) is 11.6 Å².